The molecule has 1 atom stereocenters. The SMILES string of the molecule is O=C(CCS(=O)c1ccc(Br)c(C(=O)O)c1)NC1CC1. The van der Waals surface area contributed by atoms with Crippen LogP contribution in [0.25, 0.3) is 0 Å². The topological polar surface area (TPSA) is 83.5 Å². The Hall–Kier alpha value is -1.21. The fourth-order valence-electron chi connectivity index (χ4n) is 1.64. The molecule has 0 bridgehead atoms. The third-order valence-corrected chi connectivity index (χ3v) is 4.93. The summed E-state index contributed by atoms with van der Waals surface area (Å²) in [5.74, 6) is -0.988. The van der Waals surface area contributed by atoms with Crippen LogP contribution in [0.4, 0.5) is 0 Å². The van der Waals surface area contributed by atoms with Gasteiger partial charge in [0.25, 0.3) is 0 Å². The smallest absolute Gasteiger partial charge is 0.336 e. The van der Waals surface area contributed by atoms with Gasteiger partial charge in [-0.3, -0.25) is 9.00 Å². The zero-order valence-corrected chi connectivity index (χ0v) is 13.0. The molecule has 0 heterocycles. The first kappa shape index (κ1) is 15.2. The largest absolute Gasteiger partial charge is 0.478 e. The highest BCUT2D eigenvalue weighted by Gasteiger charge is 2.23. The predicted molar refractivity (Wildman–Crippen MR) is 78.2 cm³/mol. The zero-order valence-electron chi connectivity index (χ0n) is 10.6. The van der Waals surface area contributed by atoms with Crippen LogP contribution in [-0.4, -0.2) is 33.0 Å². The summed E-state index contributed by atoms with van der Waals surface area (Å²) in [5.41, 5.74) is 0.0679. The monoisotopic (exact) mass is 359 g/mol. The number of hydrogen-bond acceptors (Lipinski definition) is 3. The fourth-order valence-corrected chi connectivity index (χ4v) is 3.13. The number of carboxylic acids is 1. The molecule has 108 valence electrons. The second-order valence-electron chi connectivity index (χ2n) is 4.59. The van der Waals surface area contributed by atoms with Crippen LogP contribution < -0.4 is 5.32 Å². The average Bonchev–Trinajstić information content (AvgIpc) is 3.20. The molecular formula is C13H14BrNO4S. The summed E-state index contributed by atoms with van der Waals surface area (Å²) in [6, 6.07) is 4.83. The second kappa shape index (κ2) is 6.49. The molecule has 1 saturated carbocycles. The Morgan fingerprint density at radius 3 is 2.70 bits per heavy atom. The van der Waals surface area contributed by atoms with E-state index in [0.29, 0.717) is 15.4 Å². The van der Waals surface area contributed by atoms with Gasteiger partial charge in [-0.2, -0.15) is 0 Å². The quantitative estimate of drug-likeness (QED) is 0.812. The highest BCUT2D eigenvalue weighted by molar-refractivity contribution is 9.10. The van der Waals surface area contributed by atoms with Gasteiger partial charge in [-0.15, -0.1) is 0 Å². The predicted octanol–water partition coefficient (Wildman–Crippen LogP) is 1.92. The zero-order chi connectivity index (χ0) is 14.7. The van der Waals surface area contributed by atoms with Gasteiger partial charge in [0.15, 0.2) is 0 Å². The highest BCUT2D eigenvalue weighted by Crippen LogP contribution is 2.21. The molecule has 0 saturated heterocycles. The normalized spacial score (nSPS) is 15.7. The lowest BCUT2D eigenvalue weighted by molar-refractivity contribution is -0.120. The number of aromatic carboxylic acids is 1. The van der Waals surface area contributed by atoms with E-state index in [4.69, 9.17) is 5.11 Å². The van der Waals surface area contributed by atoms with Crippen molar-refractivity contribution >= 4 is 38.6 Å². The third kappa shape index (κ3) is 4.14. The molecule has 5 nitrogen and oxygen atoms in total. The molecule has 0 radical (unpaired) electrons. The Bertz CT molecular complexity index is 571. The number of benzene rings is 1. The molecule has 1 aromatic carbocycles. The van der Waals surface area contributed by atoms with Gasteiger partial charge in [-0.25, -0.2) is 4.79 Å². The minimum Gasteiger partial charge on any atom is -0.478 e. The Labute approximate surface area is 127 Å². The van der Waals surface area contributed by atoms with Crippen LogP contribution in [0, 0.1) is 0 Å². The lowest BCUT2D eigenvalue weighted by atomic mass is 10.2. The van der Waals surface area contributed by atoms with E-state index >= 15 is 0 Å². The summed E-state index contributed by atoms with van der Waals surface area (Å²) >= 11 is 3.13. The first-order chi connectivity index (χ1) is 9.47. The Kier molecular flexibility index (Phi) is 4.93. The van der Waals surface area contributed by atoms with E-state index in [9.17, 15) is 13.8 Å². The maximum atomic E-state index is 12.1. The summed E-state index contributed by atoms with van der Waals surface area (Å²) in [4.78, 5) is 22.9. The van der Waals surface area contributed by atoms with Gasteiger partial charge in [0, 0.05) is 27.6 Å². The van der Waals surface area contributed by atoms with Gasteiger partial charge in [-0.05, 0) is 47.0 Å². The summed E-state index contributed by atoms with van der Waals surface area (Å²) in [6.07, 6.45) is 2.22. The van der Waals surface area contributed by atoms with Crippen LogP contribution in [0.5, 0.6) is 0 Å². The van der Waals surface area contributed by atoms with E-state index in [1.807, 2.05) is 0 Å². The number of nitrogens with one attached hydrogen (secondary N) is 1. The highest BCUT2D eigenvalue weighted by atomic mass is 79.9. The molecule has 7 heteroatoms. The van der Waals surface area contributed by atoms with Crippen LogP contribution >= 0.6 is 15.9 Å². The maximum Gasteiger partial charge on any atom is 0.336 e. The van der Waals surface area contributed by atoms with E-state index in [1.54, 1.807) is 12.1 Å². The molecule has 1 amide bonds. The van der Waals surface area contributed by atoms with E-state index in [-0.39, 0.29) is 23.6 Å². The minimum absolute atomic E-state index is 0.0679. The van der Waals surface area contributed by atoms with Crippen molar-refractivity contribution in [3.8, 4) is 0 Å². The first-order valence-electron chi connectivity index (χ1n) is 6.18. The van der Waals surface area contributed by atoms with Crippen LogP contribution in [0.1, 0.15) is 29.6 Å². The standard InChI is InChI=1S/C13H14BrNO4S/c14-11-4-3-9(7-10(11)13(17)18)20(19)6-5-12(16)15-8-1-2-8/h3-4,7-8H,1-2,5-6H2,(H,15,16)(H,17,18). The van der Waals surface area contributed by atoms with Crippen LogP contribution in [0.2, 0.25) is 0 Å². The van der Waals surface area contributed by atoms with Gasteiger partial charge < -0.3 is 10.4 Å². The third-order valence-electron chi connectivity index (χ3n) is 2.89. The average molecular weight is 360 g/mol. The molecule has 1 aromatic rings. The van der Waals surface area contributed by atoms with Crippen molar-refractivity contribution in [1.29, 1.82) is 0 Å². The van der Waals surface area contributed by atoms with Crippen molar-refractivity contribution in [2.45, 2.75) is 30.2 Å². The Morgan fingerprint density at radius 2 is 2.10 bits per heavy atom. The molecule has 0 aliphatic heterocycles. The lowest BCUT2D eigenvalue weighted by Gasteiger charge is -2.06. The minimum atomic E-state index is -1.38. The molecule has 20 heavy (non-hydrogen) atoms. The van der Waals surface area contributed by atoms with E-state index in [2.05, 4.69) is 21.2 Å². The Balaban J connectivity index is 1.96. The Morgan fingerprint density at radius 1 is 1.40 bits per heavy atom. The number of carboxylic acid groups (broad SMARTS) is 1. The number of carbonyl (C=O) groups is 2. The number of halogens is 1. The molecule has 1 fully saturated rings. The van der Waals surface area contributed by atoms with Gasteiger partial charge in [0.1, 0.15) is 0 Å². The van der Waals surface area contributed by atoms with Crippen molar-refractivity contribution in [1.82, 2.24) is 5.32 Å². The summed E-state index contributed by atoms with van der Waals surface area (Å²) < 4.78 is 12.5. The molecule has 1 aliphatic rings. The number of amides is 1. The van der Waals surface area contributed by atoms with Gasteiger partial charge in [0.05, 0.1) is 16.4 Å². The lowest BCUT2D eigenvalue weighted by Crippen LogP contribution is -2.26. The molecular weight excluding hydrogens is 346 g/mol. The van der Waals surface area contributed by atoms with Crippen LogP contribution in [-0.2, 0) is 15.6 Å². The van der Waals surface area contributed by atoms with Gasteiger partial charge in [-0.1, -0.05) is 0 Å². The molecule has 2 rings (SSSR count). The molecule has 0 spiro atoms. The van der Waals surface area contributed by atoms with E-state index < -0.39 is 16.8 Å². The van der Waals surface area contributed by atoms with Crippen LogP contribution in [0.3, 0.4) is 0 Å². The number of carbonyl (C=O) groups excluding carboxylic acids is 1. The van der Waals surface area contributed by atoms with E-state index in [1.165, 1.54) is 6.07 Å². The molecule has 0 aromatic heterocycles. The van der Waals surface area contributed by atoms with Gasteiger partial charge >= 0.3 is 5.97 Å². The summed E-state index contributed by atoms with van der Waals surface area (Å²) in [6.45, 7) is 0. The van der Waals surface area contributed by atoms with Crippen molar-refractivity contribution in [3.05, 3.63) is 28.2 Å². The van der Waals surface area contributed by atoms with Crippen LogP contribution in [0.15, 0.2) is 27.6 Å². The second-order valence-corrected chi connectivity index (χ2v) is 7.01. The first-order valence-corrected chi connectivity index (χ1v) is 8.29. The van der Waals surface area contributed by atoms with Crippen molar-refractivity contribution < 1.29 is 18.9 Å². The van der Waals surface area contributed by atoms with Crippen molar-refractivity contribution in [3.63, 3.8) is 0 Å². The molecule has 1 aliphatic carbocycles. The number of rotatable bonds is 6. The molecule has 1 unspecified atom stereocenters. The van der Waals surface area contributed by atoms with Crippen molar-refractivity contribution in [2.24, 2.45) is 0 Å². The van der Waals surface area contributed by atoms with Crippen molar-refractivity contribution in [2.75, 3.05) is 5.75 Å². The summed E-state index contributed by atoms with van der Waals surface area (Å²) in [5, 5.41) is 11.8. The fraction of sp³-hybridized carbons (Fsp3) is 0.385. The molecule has 2 N–H and O–H groups in total. The summed E-state index contributed by atoms with van der Waals surface area (Å²) in [7, 11) is -1.38. The maximum absolute atomic E-state index is 12.1. The van der Waals surface area contributed by atoms with E-state index in [0.717, 1.165) is 12.8 Å². The number of hydrogen-bond donors (Lipinski definition) is 2. The van der Waals surface area contributed by atoms with Gasteiger partial charge in [0.2, 0.25) is 5.91 Å².